The van der Waals surface area contributed by atoms with Gasteiger partial charge in [-0.1, -0.05) is 19.9 Å². The van der Waals surface area contributed by atoms with Gasteiger partial charge in [0.25, 0.3) is 0 Å². The van der Waals surface area contributed by atoms with Crippen LogP contribution in [-0.2, 0) is 19.8 Å². The summed E-state index contributed by atoms with van der Waals surface area (Å²) in [6.45, 7) is 8.76. The summed E-state index contributed by atoms with van der Waals surface area (Å²) < 4.78 is 12.2. The van der Waals surface area contributed by atoms with E-state index in [1.165, 1.54) is 0 Å². The van der Waals surface area contributed by atoms with Crippen molar-refractivity contribution in [2.24, 2.45) is 11.3 Å². The van der Waals surface area contributed by atoms with Gasteiger partial charge in [0.05, 0.1) is 22.9 Å². The second-order valence-corrected chi connectivity index (χ2v) is 12.8. The van der Waals surface area contributed by atoms with Crippen LogP contribution in [0.4, 0.5) is 5.69 Å². The minimum Gasteiger partial charge on any atom is -0.480 e. The largest absolute Gasteiger partial charge is 0.480 e. The third-order valence-corrected chi connectivity index (χ3v) is 10.6. The van der Waals surface area contributed by atoms with E-state index in [9.17, 15) is 14.4 Å². The van der Waals surface area contributed by atoms with E-state index in [2.05, 4.69) is 19.2 Å². The Balaban J connectivity index is 1.41. The number of carbonyl (C=O) groups is 3. The number of carbonyl (C=O) groups excluding carboxylic acids is 3. The maximum atomic E-state index is 14.1. The fourth-order valence-electron chi connectivity index (χ4n) is 8.76. The smallest absolute Gasteiger partial charge is 0.248 e. The lowest BCUT2D eigenvalue weighted by Gasteiger charge is -2.66. The number of rotatable bonds is 0. The number of ether oxygens (including phenoxy) is 2. The van der Waals surface area contributed by atoms with Crippen LogP contribution in [0.1, 0.15) is 65.4 Å². The average Bonchev–Trinajstić information content (AvgIpc) is 3.13. The van der Waals surface area contributed by atoms with E-state index < -0.39 is 27.5 Å². The van der Waals surface area contributed by atoms with Crippen molar-refractivity contribution in [1.29, 1.82) is 0 Å². The van der Waals surface area contributed by atoms with Crippen LogP contribution >= 0.6 is 0 Å². The maximum Gasteiger partial charge on any atom is 0.248 e. The summed E-state index contributed by atoms with van der Waals surface area (Å²) in [5.41, 5.74) is -1.71. The summed E-state index contributed by atoms with van der Waals surface area (Å²) in [6.07, 6.45) is 6.48. The number of nitrogens with zero attached hydrogens (tertiary/aromatic N) is 2. The van der Waals surface area contributed by atoms with Crippen LogP contribution in [-0.4, -0.2) is 57.8 Å². The highest BCUT2D eigenvalue weighted by molar-refractivity contribution is 6.10. The van der Waals surface area contributed by atoms with Crippen LogP contribution in [0.25, 0.3) is 0 Å². The minimum absolute atomic E-state index is 0.0376. The van der Waals surface area contributed by atoms with Crippen LogP contribution in [0.3, 0.4) is 0 Å². The van der Waals surface area contributed by atoms with Crippen molar-refractivity contribution < 1.29 is 23.9 Å². The molecule has 4 atom stereocenters. The van der Waals surface area contributed by atoms with E-state index in [-0.39, 0.29) is 23.6 Å². The Morgan fingerprint density at radius 2 is 1.89 bits per heavy atom. The molecule has 0 radical (unpaired) electrons. The standard InChI is InChI=1S/C28H33N3O5/c1-24(2)11-12-35-21-17(36-24)9-8-16-20(21)29-22(33)28(16)14-27-15-31-19(32)7-6-10-26(31,23(34)30(27)5)13-18(27)25(28,3)4/h8-9,11-12,18H,6-7,10,13-15H2,1-5H3,(H,29,33)/t18-,26-,27+,28+/m0/s1. The fraction of sp³-hybridized carbons (Fsp3) is 0.607. The van der Waals surface area contributed by atoms with E-state index in [4.69, 9.17) is 9.47 Å². The summed E-state index contributed by atoms with van der Waals surface area (Å²) >= 11 is 0. The lowest BCUT2D eigenvalue weighted by molar-refractivity contribution is -0.200. The third-order valence-electron chi connectivity index (χ3n) is 10.6. The molecule has 2 bridgehead atoms. The Hall–Kier alpha value is -3.03. The Kier molecular flexibility index (Phi) is 3.86. The topological polar surface area (TPSA) is 88.2 Å². The second-order valence-electron chi connectivity index (χ2n) is 12.8. The van der Waals surface area contributed by atoms with Crippen LogP contribution in [0.15, 0.2) is 24.5 Å². The van der Waals surface area contributed by atoms with Crippen molar-refractivity contribution in [2.75, 3.05) is 18.9 Å². The lowest BCUT2D eigenvalue weighted by Crippen LogP contribution is -2.81. The number of hydrogen-bond donors (Lipinski definition) is 1. The Morgan fingerprint density at radius 1 is 1.11 bits per heavy atom. The van der Waals surface area contributed by atoms with Crippen molar-refractivity contribution in [3.05, 3.63) is 30.0 Å². The van der Waals surface area contributed by atoms with E-state index in [0.29, 0.717) is 49.4 Å². The van der Waals surface area contributed by atoms with Crippen LogP contribution in [0, 0.1) is 11.3 Å². The molecule has 5 fully saturated rings. The molecule has 36 heavy (non-hydrogen) atoms. The molecule has 8 rings (SSSR count). The molecule has 8 nitrogen and oxygen atoms in total. The molecule has 6 heterocycles. The number of amides is 3. The molecule has 1 aromatic rings. The number of likely N-dealkylation sites (N-methyl/N-ethyl adjacent to an activating group) is 1. The first-order chi connectivity index (χ1) is 16.9. The van der Waals surface area contributed by atoms with Crippen molar-refractivity contribution in [3.63, 3.8) is 0 Å². The van der Waals surface area contributed by atoms with Gasteiger partial charge >= 0.3 is 0 Å². The highest BCUT2D eigenvalue weighted by Gasteiger charge is 2.79. The Morgan fingerprint density at radius 3 is 2.67 bits per heavy atom. The van der Waals surface area contributed by atoms with E-state index in [0.717, 1.165) is 12.0 Å². The molecule has 1 aliphatic carbocycles. The van der Waals surface area contributed by atoms with Gasteiger partial charge in [-0.3, -0.25) is 14.4 Å². The van der Waals surface area contributed by atoms with Gasteiger partial charge in [0.2, 0.25) is 17.7 Å². The van der Waals surface area contributed by atoms with E-state index in [1.807, 2.05) is 48.9 Å². The first-order valence-electron chi connectivity index (χ1n) is 13.0. The molecule has 7 aliphatic rings. The van der Waals surface area contributed by atoms with Crippen molar-refractivity contribution >= 4 is 23.4 Å². The van der Waals surface area contributed by atoms with Gasteiger partial charge in [-0.2, -0.15) is 0 Å². The summed E-state index contributed by atoms with van der Waals surface area (Å²) in [5, 5.41) is 3.17. The van der Waals surface area contributed by atoms with Gasteiger partial charge in [-0.05, 0) is 68.6 Å². The predicted molar refractivity (Wildman–Crippen MR) is 132 cm³/mol. The highest BCUT2D eigenvalue weighted by Crippen LogP contribution is 2.72. The summed E-state index contributed by atoms with van der Waals surface area (Å²) in [7, 11) is 1.89. The monoisotopic (exact) mass is 491 g/mol. The van der Waals surface area contributed by atoms with Gasteiger partial charge in [-0.25, -0.2) is 0 Å². The lowest BCUT2D eigenvalue weighted by atomic mass is 9.56. The first kappa shape index (κ1) is 22.2. The zero-order valence-corrected chi connectivity index (χ0v) is 21.6. The number of piperidine rings is 3. The molecular weight excluding hydrogens is 458 g/mol. The number of nitrogens with one attached hydrogen (secondary N) is 1. The predicted octanol–water partition coefficient (Wildman–Crippen LogP) is 3.35. The van der Waals surface area contributed by atoms with E-state index in [1.54, 1.807) is 6.26 Å². The molecule has 3 amide bonds. The number of benzene rings is 1. The van der Waals surface area contributed by atoms with Crippen LogP contribution < -0.4 is 14.8 Å². The highest BCUT2D eigenvalue weighted by atomic mass is 16.5. The molecule has 3 spiro atoms. The molecule has 4 saturated heterocycles. The average molecular weight is 492 g/mol. The SMILES string of the molecule is CN1C(=O)[C@@]23CCCC(=O)N2C[C@@]12C[C@@]1(C(=O)Nc4c1ccc1c4OC=CC(C)(C)O1)C(C)(C)[C@@H]2C3. The molecule has 190 valence electrons. The molecular formula is C28H33N3O5. The summed E-state index contributed by atoms with van der Waals surface area (Å²) in [6, 6.07) is 3.90. The number of hydrogen-bond acceptors (Lipinski definition) is 5. The summed E-state index contributed by atoms with van der Waals surface area (Å²) in [4.78, 5) is 44.8. The second kappa shape index (κ2) is 6.26. The van der Waals surface area contributed by atoms with Gasteiger partial charge < -0.3 is 24.6 Å². The molecule has 1 aromatic carbocycles. The van der Waals surface area contributed by atoms with Crippen LogP contribution in [0.5, 0.6) is 11.5 Å². The number of anilines is 1. The third kappa shape index (κ3) is 2.22. The van der Waals surface area contributed by atoms with Crippen LogP contribution in [0.2, 0.25) is 0 Å². The van der Waals surface area contributed by atoms with E-state index >= 15 is 0 Å². The summed E-state index contributed by atoms with van der Waals surface area (Å²) in [5.74, 6) is 1.21. The fourth-order valence-corrected chi connectivity index (χ4v) is 8.76. The first-order valence-corrected chi connectivity index (χ1v) is 13.0. The van der Waals surface area contributed by atoms with Gasteiger partial charge in [0.15, 0.2) is 11.5 Å². The van der Waals surface area contributed by atoms with Gasteiger partial charge in [0.1, 0.15) is 11.1 Å². The maximum absolute atomic E-state index is 14.1. The van der Waals surface area contributed by atoms with Gasteiger partial charge in [-0.15, -0.1) is 0 Å². The van der Waals surface area contributed by atoms with Crippen molar-refractivity contribution in [2.45, 2.75) is 81.9 Å². The molecule has 8 heteroatoms. The molecule has 6 aliphatic heterocycles. The number of piperazine rings is 1. The zero-order valence-electron chi connectivity index (χ0n) is 21.6. The Labute approximate surface area is 211 Å². The van der Waals surface area contributed by atoms with Crippen molar-refractivity contribution in [3.8, 4) is 11.5 Å². The van der Waals surface area contributed by atoms with Crippen molar-refractivity contribution in [1.82, 2.24) is 9.80 Å². The molecule has 0 unspecified atom stereocenters. The number of fused-ring (bicyclic) bond motifs is 5. The zero-order chi connectivity index (χ0) is 25.5. The Bertz CT molecular complexity index is 1300. The molecule has 1 N–H and O–H groups in total. The normalized spacial score (nSPS) is 38.6. The minimum atomic E-state index is -0.866. The van der Waals surface area contributed by atoms with Gasteiger partial charge in [0, 0.05) is 20.0 Å². The molecule has 1 saturated carbocycles. The quantitative estimate of drug-likeness (QED) is 0.601. The molecule has 0 aromatic heterocycles.